The fraction of sp³-hybridized carbons (Fsp3) is 0.462. The average molecular weight is 255 g/mol. The van der Waals surface area contributed by atoms with Crippen LogP contribution in [-0.2, 0) is 4.79 Å². The molecule has 0 aliphatic rings. The van der Waals surface area contributed by atoms with E-state index in [0.29, 0.717) is 18.0 Å². The fourth-order valence-electron chi connectivity index (χ4n) is 1.43. The van der Waals surface area contributed by atoms with Crippen LogP contribution >= 0.6 is 11.6 Å². The van der Waals surface area contributed by atoms with E-state index in [1.807, 2.05) is 26.8 Å². The van der Waals surface area contributed by atoms with Crippen LogP contribution in [0.4, 0.5) is 5.69 Å². The number of halogens is 1. The molecular formula is C13H19ClN2O. The molecule has 0 bridgehead atoms. The molecule has 0 saturated carbocycles. The Hall–Kier alpha value is -1.06. The van der Waals surface area contributed by atoms with Crippen LogP contribution in [0.1, 0.15) is 25.8 Å². The second kappa shape index (κ2) is 5.52. The second-order valence-corrected chi connectivity index (χ2v) is 5.49. The van der Waals surface area contributed by atoms with Crippen LogP contribution in [0.15, 0.2) is 18.2 Å². The smallest absolute Gasteiger partial charge is 0.224 e. The minimum Gasteiger partial charge on any atom is -0.330 e. The maximum atomic E-state index is 11.8. The molecule has 1 aromatic rings. The maximum absolute atomic E-state index is 11.8. The van der Waals surface area contributed by atoms with Gasteiger partial charge in [-0.05, 0) is 36.6 Å². The first-order valence-electron chi connectivity index (χ1n) is 5.60. The lowest BCUT2D eigenvalue weighted by Gasteiger charge is -2.21. The molecule has 0 aliphatic carbocycles. The molecular weight excluding hydrogens is 236 g/mol. The van der Waals surface area contributed by atoms with Crippen molar-refractivity contribution in [3.8, 4) is 0 Å². The molecule has 0 saturated heterocycles. The van der Waals surface area contributed by atoms with E-state index < -0.39 is 0 Å². The van der Waals surface area contributed by atoms with Gasteiger partial charge in [0, 0.05) is 17.1 Å². The van der Waals surface area contributed by atoms with Crippen LogP contribution in [-0.4, -0.2) is 12.5 Å². The molecule has 3 N–H and O–H groups in total. The van der Waals surface area contributed by atoms with Crippen molar-refractivity contribution in [2.24, 2.45) is 11.1 Å². The fourth-order valence-corrected chi connectivity index (χ4v) is 1.60. The molecule has 3 nitrogen and oxygen atoms in total. The monoisotopic (exact) mass is 254 g/mol. The van der Waals surface area contributed by atoms with Gasteiger partial charge >= 0.3 is 0 Å². The summed E-state index contributed by atoms with van der Waals surface area (Å²) in [6.45, 7) is 6.35. The van der Waals surface area contributed by atoms with Crippen LogP contribution in [0.5, 0.6) is 0 Å². The Morgan fingerprint density at radius 3 is 2.71 bits per heavy atom. The zero-order chi connectivity index (χ0) is 13.1. The number of aryl methyl sites for hydroxylation is 1. The number of carbonyl (C=O) groups is 1. The zero-order valence-corrected chi connectivity index (χ0v) is 11.3. The third-order valence-corrected chi connectivity index (χ3v) is 2.90. The molecule has 17 heavy (non-hydrogen) atoms. The summed E-state index contributed by atoms with van der Waals surface area (Å²) in [7, 11) is 0. The summed E-state index contributed by atoms with van der Waals surface area (Å²) in [4.78, 5) is 11.8. The van der Waals surface area contributed by atoms with Gasteiger partial charge in [0.25, 0.3) is 0 Å². The van der Waals surface area contributed by atoms with Gasteiger partial charge in [0.05, 0.1) is 0 Å². The number of hydrogen-bond donors (Lipinski definition) is 2. The Bertz CT molecular complexity index is 416. The van der Waals surface area contributed by atoms with E-state index in [1.165, 1.54) is 0 Å². The molecule has 0 radical (unpaired) electrons. The minimum absolute atomic E-state index is 0.0363. The van der Waals surface area contributed by atoms with Crippen molar-refractivity contribution >= 4 is 23.2 Å². The predicted octanol–water partition coefficient (Wildman–Crippen LogP) is 2.96. The van der Waals surface area contributed by atoms with Gasteiger partial charge in [-0.3, -0.25) is 4.79 Å². The second-order valence-electron chi connectivity index (χ2n) is 5.05. The number of anilines is 1. The van der Waals surface area contributed by atoms with E-state index in [2.05, 4.69) is 5.32 Å². The number of benzene rings is 1. The van der Waals surface area contributed by atoms with E-state index in [0.717, 1.165) is 11.3 Å². The molecule has 1 amide bonds. The highest BCUT2D eigenvalue weighted by atomic mass is 35.5. The van der Waals surface area contributed by atoms with E-state index >= 15 is 0 Å². The Morgan fingerprint density at radius 1 is 1.47 bits per heavy atom. The van der Waals surface area contributed by atoms with E-state index in [9.17, 15) is 4.79 Å². The molecule has 0 atom stereocenters. The quantitative estimate of drug-likeness (QED) is 0.868. The van der Waals surface area contributed by atoms with E-state index in [1.54, 1.807) is 12.1 Å². The van der Waals surface area contributed by atoms with Crippen molar-refractivity contribution in [1.82, 2.24) is 0 Å². The molecule has 0 fully saturated rings. The van der Waals surface area contributed by atoms with E-state index in [4.69, 9.17) is 17.3 Å². The molecule has 1 aromatic carbocycles. The number of amides is 1. The van der Waals surface area contributed by atoms with Crippen LogP contribution in [0.3, 0.4) is 0 Å². The lowest BCUT2D eigenvalue weighted by Crippen LogP contribution is -2.29. The molecule has 0 heterocycles. The number of nitrogens with one attached hydrogen (secondary N) is 1. The molecule has 0 aliphatic heterocycles. The van der Waals surface area contributed by atoms with Crippen LogP contribution in [0.25, 0.3) is 0 Å². The van der Waals surface area contributed by atoms with Gasteiger partial charge in [-0.2, -0.15) is 0 Å². The summed E-state index contributed by atoms with van der Waals surface area (Å²) in [6, 6.07) is 5.44. The highest BCUT2D eigenvalue weighted by molar-refractivity contribution is 6.31. The molecule has 0 unspecified atom stereocenters. The Kier molecular flexibility index (Phi) is 4.54. The van der Waals surface area contributed by atoms with Crippen molar-refractivity contribution in [2.75, 3.05) is 11.9 Å². The van der Waals surface area contributed by atoms with Crippen molar-refractivity contribution in [2.45, 2.75) is 27.2 Å². The zero-order valence-electron chi connectivity index (χ0n) is 10.5. The maximum Gasteiger partial charge on any atom is 0.224 e. The number of carbonyl (C=O) groups excluding carboxylic acids is 1. The Labute approximate surface area is 107 Å². The van der Waals surface area contributed by atoms with Gasteiger partial charge in [0.1, 0.15) is 0 Å². The molecule has 1 rings (SSSR count). The summed E-state index contributed by atoms with van der Waals surface area (Å²) in [5, 5.41) is 3.48. The van der Waals surface area contributed by atoms with Gasteiger partial charge in [0.2, 0.25) is 5.91 Å². The normalized spacial score (nSPS) is 11.4. The van der Waals surface area contributed by atoms with Crippen molar-refractivity contribution < 1.29 is 4.79 Å². The Morgan fingerprint density at radius 2 is 2.12 bits per heavy atom. The number of hydrogen-bond acceptors (Lipinski definition) is 2. The summed E-state index contributed by atoms with van der Waals surface area (Å²) in [6.07, 6.45) is 0.398. The van der Waals surface area contributed by atoms with Crippen molar-refractivity contribution in [3.63, 3.8) is 0 Å². The highest BCUT2D eigenvalue weighted by Crippen LogP contribution is 2.23. The van der Waals surface area contributed by atoms with Gasteiger partial charge in [0.15, 0.2) is 0 Å². The first-order valence-corrected chi connectivity index (χ1v) is 5.98. The van der Waals surface area contributed by atoms with Crippen molar-refractivity contribution in [1.29, 1.82) is 0 Å². The lowest BCUT2D eigenvalue weighted by atomic mass is 9.89. The van der Waals surface area contributed by atoms with Crippen LogP contribution in [0.2, 0.25) is 5.02 Å². The number of nitrogens with two attached hydrogens (primary N) is 1. The largest absolute Gasteiger partial charge is 0.330 e. The highest BCUT2D eigenvalue weighted by Gasteiger charge is 2.20. The minimum atomic E-state index is -0.184. The van der Waals surface area contributed by atoms with Gasteiger partial charge in [-0.15, -0.1) is 0 Å². The SMILES string of the molecule is Cc1ccc(Cl)cc1NC(=O)CC(C)(C)CN. The van der Waals surface area contributed by atoms with Crippen molar-refractivity contribution in [3.05, 3.63) is 28.8 Å². The van der Waals surface area contributed by atoms with E-state index in [-0.39, 0.29) is 11.3 Å². The summed E-state index contributed by atoms with van der Waals surface area (Å²) in [5.41, 5.74) is 7.17. The summed E-state index contributed by atoms with van der Waals surface area (Å²) < 4.78 is 0. The lowest BCUT2D eigenvalue weighted by molar-refractivity contribution is -0.117. The number of rotatable bonds is 4. The first-order chi connectivity index (χ1) is 7.84. The molecule has 0 aromatic heterocycles. The summed E-state index contributed by atoms with van der Waals surface area (Å²) >= 11 is 5.89. The van der Waals surface area contributed by atoms with Crippen LogP contribution < -0.4 is 11.1 Å². The van der Waals surface area contributed by atoms with Gasteiger partial charge < -0.3 is 11.1 Å². The third kappa shape index (κ3) is 4.36. The van der Waals surface area contributed by atoms with Gasteiger partial charge in [-0.1, -0.05) is 31.5 Å². The standard InChI is InChI=1S/C13H19ClN2O/c1-9-4-5-10(14)6-11(9)16-12(17)7-13(2,3)8-15/h4-6H,7-8,15H2,1-3H3,(H,16,17). The first kappa shape index (κ1) is 14.0. The predicted molar refractivity (Wildman–Crippen MR) is 72.3 cm³/mol. The topological polar surface area (TPSA) is 55.1 Å². The van der Waals surface area contributed by atoms with Gasteiger partial charge in [-0.25, -0.2) is 0 Å². The molecule has 0 spiro atoms. The molecule has 94 valence electrons. The molecule has 4 heteroatoms. The summed E-state index contributed by atoms with van der Waals surface area (Å²) in [5.74, 6) is -0.0363. The third-order valence-electron chi connectivity index (χ3n) is 2.67. The van der Waals surface area contributed by atoms with Crippen LogP contribution in [0, 0.1) is 12.3 Å². The Balaban J connectivity index is 2.71. The average Bonchev–Trinajstić information content (AvgIpc) is 2.23.